The summed E-state index contributed by atoms with van der Waals surface area (Å²) in [5, 5.41) is 6.18. The molecule has 128 valence electrons. The number of nitrogen functional groups attached to an aromatic ring is 1. The van der Waals surface area contributed by atoms with Gasteiger partial charge in [-0.1, -0.05) is 29.3 Å². The second-order valence-corrected chi connectivity index (χ2v) is 7.79. The number of aromatic nitrogens is 1. The van der Waals surface area contributed by atoms with E-state index in [4.69, 9.17) is 28.9 Å². The molecule has 25 heavy (non-hydrogen) atoms. The van der Waals surface area contributed by atoms with Gasteiger partial charge in [-0.3, -0.25) is 4.79 Å². The molecule has 8 heteroatoms. The number of benzene rings is 2. The second-order valence-electron chi connectivity index (χ2n) is 5.07. The molecule has 3 N–H and O–H groups in total. The van der Waals surface area contributed by atoms with Gasteiger partial charge < -0.3 is 11.1 Å². The Hall–Kier alpha value is -1.73. The molecule has 1 aromatic heterocycles. The van der Waals surface area contributed by atoms with E-state index in [1.165, 1.54) is 23.1 Å². The lowest BCUT2D eigenvalue weighted by molar-refractivity contribution is -0.113. The van der Waals surface area contributed by atoms with Gasteiger partial charge in [0.1, 0.15) is 0 Å². The zero-order chi connectivity index (χ0) is 17.8. The standard InChI is InChI=1S/C17H13Cl2N3OS2/c18-13-6-1-10(7-14(13)19)15-8-25-17(21-15)22-16(23)9-24-12-4-2-11(20)3-5-12/h1-8H,9,20H2,(H,21,22,23). The number of anilines is 2. The lowest BCUT2D eigenvalue weighted by Gasteiger charge is -2.03. The topological polar surface area (TPSA) is 68.0 Å². The van der Waals surface area contributed by atoms with E-state index < -0.39 is 0 Å². The van der Waals surface area contributed by atoms with Crippen LogP contribution in [0.1, 0.15) is 0 Å². The van der Waals surface area contributed by atoms with Gasteiger partial charge in [0.2, 0.25) is 5.91 Å². The Bertz CT molecular complexity index is 897. The number of halogens is 2. The number of nitrogens with zero attached hydrogens (tertiary/aromatic N) is 1. The monoisotopic (exact) mass is 409 g/mol. The summed E-state index contributed by atoms with van der Waals surface area (Å²) in [5.74, 6) is 0.183. The van der Waals surface area contributed by atoms with Crippen LogP contribution in [0.2, 0.25) is 10.0 Å². The quantitative estimate of drug-likeness (QED) is 0.435. The van der Waals surface area contributed by atoms with Crippen molar-refractivity contribution in [2.75, 3.05) is 16.8 Å². The van der Waals surface area contributed by atoms with E-state index in [-0.39, 0.29) is 5.91 Å². The summed E-state index contributed by atoms with van der Waals surface area (Å²) < 4.78 is 0. The first-order valence-electron chi connectivity index (χ1n) is 7.20. The molecule has 0 bridgehead atoms. The van der Waals surface area contributed by atoms with E-state index in [9.17, 15) is 4.79 Å². The van der Waals surface area contributed by atoms with Crippen molar-refractivity contribution >= 4 is 63.0 Å². The molecular weight excluding hydrogens is 397 g/mol. The van der Waals surface area contributed by atoms with Crippen LogP contribution in [0, 0.1) is 0 Å². The number of hydrogen-bond donors (Lipinski definition) is 2. The van der Waals surface area contributed by atoms with Gasteiger partial charge in [0.15, 0.2) is 5.13 Å². The Labute approximate surface area is 163 Å². The van der Waals surface area contributed by atoms with Crippen LogP contribution in [0.5, 0.6) is 0 Å². The Balaban J connectivity index is 1.59. The van der Waals surface area contributed by atoms with Crippen LogP contribution in [0.3, 0.4) is 0 Å². The number of carbonyl (C=O) groups excluding carboxylic acids is 1. The fourth-order valence-electron chi connectivity index (χ4n) is 1.99. The summed E-state index contributed by atoms with van der Waals surface area (Å²) in [6.45, 7) is 0. The van der Waals surface area contributed by atoms with Crippen molar-refractivity contribution in [3.05, 3.63) is 57.9 Å². The van der Waals surface area contributed by atoms with Crippen molar-refractivity contribution in [3.8, 4) is 11.3 Å². The predicted octanol–water partition coefficient (Wildman–Crippen LogP) is 5.43. The van der Waals surface area contributed by atoms with Crippen molar-refractivity contribution < 1.29 is 4.79 Å². The highest BCUT2D eigenvalue weighted by Crippen LogP contribution is 2.30. The first-order chi connectivity index (χ1) is 12.0. The molecule has 1 amide bonds. The zero-order valence-electron chi connectivity index (χ0n) is 12.8. The minimum Gasteiger partial charge on any atom is -0.399 e. The van der Waals surface area contributed by atoms with Gasteiger partial charge in [0.25, 0.3) is 0 Å². The van der Waals surface area contributed by atoms with Crippen LogP contribution < -0.4 is 11.1 Å². The number of hydrogen-bond acceptors (Lipinski definition) is 5. The SMILES string of the molecule is Nc1ccc(SCC(=O)Nc2nc(-c3ccc(Cl)c(Cl)c3)cs2)cc1. The van der Waals surface area contributed by atoms with Gasteiger partial charge in [-0.05, 0) is 36.4 Å². The van der Waals surface area contributed by atoms with Crippen molar-refractivity contribution in [1.82, 2.24) is 4.98 Å². The Morgan fingerprint density at radius 3 is 2.64 bits per heavy atom. The van der Waals surface area contributed by atoms with Gasteiger partial charge in [-0.15, -0.1) is 23.1 Å². The van der Waals surface area contributed by atoms with Crippen molar-refractivity contribution in [2.45, 2.75) is 4.90 Å². The molecule has 2 aromatic carbocycles. The molecule has 3 rings (SSSR count). The fraction of sp³-hybridized carbons (Fsp3) is 0.0588. The number of carbonyl (C=O) groups is 1. The normalized spacial score (nSPS) is 10.6. The Kier molecular flexibility index (Phi) is 5.86. The molecule has 0 fully saturated rings. The molecular formula is C17H13Cl2N3OS2. The van der Waals surface area contributed by atoms with Crippen LogP contribution in [0.15, 0.2) is 52.7 Å². The van der Waals surface area contributed by atoms with Crippen molar-refractivity contribution in [3.63, 3.8) is 0 Å². The first-order valence-corrected chi connectivity index (χ1v) is 9.82. The van der Waals surface area contributed by atoms with Crippen LogP contribution in [0.4, 0.5) is 10.8 Å². The highest BCUT2D eigenvalue weighted by atomic mass is 35.5. The van der Waals surface area contributed by atoms with E-state index in [0.29, 0.717) is 26.6 Å². The molecule has 0 atom stereocenters. The number of nitrogens with two attached hydrogens (primary N) is 1. The Morgan fingerprint density at radius 1 is 1.16 bits per heavy atom. The van der Waals surface area contributed by atoms with E-state index in [0.717, 1.165) is 16.2 Å². The maximum absolute atomic E-state index is 12.1. The molecule has 0 saturated carbocycles. The zero-order valence-corrected chi connectivity index (χ0v) is 16.0. The third-order valence-corrected chi connectivity index (χ3v) is 5.72. The predicted molar refractivity (Wildman–Crippen MR) is 108 cm³/mol. The Morgan fingerprint density at radius 2 is 1.92 bits per heavy atom. The van der Waals surface area contributed by atoms with Gasteiger partial charge in [0, 0.05) is 21.5 Å². The number of amides is 1. The van der Waals surface area contributed by atoms with Gasteiger partial charge in [-0.2, -0.15) is 0 Å². The fourth-order valence-corrected chi connectivity index (χ4v) is 3.72. The van der Waals surface area contributed by atoms with Crippen LogP contribution in [0.25, 0.3) is 11.3 Å². The highest BCUT2D eigenvalue weighted by molar-refractivity contribution is 8.00. The minimum absolute atomic E-state index is 0.114. The third-order valence-electron chi connectivity index (χ3n) is 3.22. The van der Waals surface area contributed by atoms with Crippen molar-refractivity contribution in [2.24, 2.45) is 0 Å². The summed E-state index contributed by atoms with van der Waals surface area (Å²) in [6, 6.07) is 12.7. The summed E-state index contributed by atoms with van der Waals surface area (Å²) in [6.07, 6.45) is 0. The van der Waals surface area contributed by atoms with Crippen LogP contribution in [-0.4, -0.2) is 16.6 Å². The lowest BCUT2D eigenvalue weighted by atomic mass is 10.2. The summed E-state index contributed by atoms with van der Waals surface area (Å²) in [5.41, 5.74) is 7.93. The summed E-state index contributed by atoms with van der Waals surface area (Å²) in [7, 11) is 0. The molecule has 0 aliphatic rings. The molecule has 0 aliphatic heterocycles. The summed E-state index contributed by atoms with van der Waals surface area (Å²) in [4.78, 5) is 17.5. The molecule has 1 heterocycles. The molecule has 0 aliphatic carbocycles. The van der Waals surface area contributed by atoms with E-state index in [2.05, 4.69) is 10.3 Å². The van der Waals surface area contributed by atoms with E-state index in [1.807, 2.05) is 35.7 Å². The van der Waals surface area contributed by atoms with E-state index >= 15 is 0 Å². The maximum Gasteiger partial charge on any atom is 0.236 e. The number of rotatable bonds is 5. The van der Waals surface area contributed by atoms with Crippen LogP contribution in [-0.2, 0) is 4.79 Å². The van der Waals surface area contributed by atoms with Gasteiger partial charge in [-0.25, -0.2) is 4.98 Å². The minimum atomic E-state index is -0.114. The first kappa shape index (κ1) is 18.1. The van der Waals surface area contributed by atoms with E-state index in [1.54, 1.807) is 12.1 Å². The highest BCUT2D eigenvalue weighted by Gasteiger charge is 2.10. The maximum atomic E-state index is 12.1. The number of thiazole rings is 1. The average molecular weight is 410 g/mol. The number of nitrogens with one attached hydrogen (secondary N) is 1. The smallest absolute Gasteiger partial charge is 0.236 e. The average Bonchev–Trinajstić information content (AvgIpc) is 3.05. The van der Waals surface area contributed by atoms with Gasteiger partial charge in [0.05, 0.1) is 21.5 Å². The van der Waals surface area contributed by atoms with Crippen LogP contribution >= 0.6 is 46.3 Å². The molecule has 0 saturated heterocycles. The second kappa shape index (κ2) is 8.10. The molecule has 4 nitrogen and oxygen atoms in total. The largest absolute Gasteiger partial charge is 0.399 e. The summed E-state index contributed by atoms with van der Waals surface area (Å²) >= 11 is 14.7. The molecule has 3 aromatic rings. The molecule has 0 spiro atoms. The molecule has 0 radical (unpaired) electrons. The van der Waals surface area contributed by atoms with Gasteiger partial charge >= 0.3 is 0 Å². The lowest BCUT2D eigenvalue weighted by Crippen LogP contribution is -2.13. The van der Waals surface area contributed by atoms with Crippen molar-refractivity contribution in [1.29, 1.82) is 0 Å². The third kappa shape index (κ3) is 4.89. The number of thioether (sulfide) groups is 1. The molecule has 0 unspecified atom stereocenters.